The van der Waals surface area contributed by atoms with Gasteiger partial charge in [-0.2, -0.15) is 5.10 Å². The summed E-state index contributed by atoms with van der Waals surface area (Å²) in [4.78, 5) is 1.68. The van der Waals surface area contributed by atoms with Gasteiger partial charge < -0.3 is 10.2 Å². The molecular formula is C22H18N2O2S. The Morgan fingerprint density at radius 3 is 2.44 bits per heavy atom. The first kappa shape index (κ1) is 17.2. The molecule has 4 nitrogen and oxygen atoms in total. The van der Waals surface area contributed by atoms with Crippen LogP contribution in [0.2, 0.25) is 0 Å². The summed E-state index contributed by atoms with van der Waals surface area (Å²) in [6.45, 7) is 2.03. The van der Waals surface area contributed by atoms with Crippen molar-refractivity contribution in [2.24, 2.45) is 0 Å². The van der Waals surface area contributed by atoms with Crippen LogP contribution in [0.4, 0.5) is 0 Å². The highest BCUT2D eigenvalue weighted by molar-refractivity contribution is 7.99. The maximum Gasteiger partial charge on any atom is 0.133 e. The third-order valence-electron chi connectivity index (χ3n) is 4.21. The highest BCUT2D eigenvalue weighted by Crippen LogP contribution is 2.42. The summed E-state index contributed by atoms with van der Waals surface area (Å²) in [7, 11) is 0. The topological polar surface area (TPSA) is 58.3 Å². The summed E-state index contributed by atoms with van der Waals surface area (Å²) in [6.07, 6.45) is 1.70. The van der Waals surface area contributed by atoms with Crippen molar-refractivity contribution in [2.45, 2.75) is 16.7 Å². The highest BCUT2D eigenvalue weighted by atomic mass is 32.2. The molecule has 1 heterocycles. The van der Waals surface area contributed by atoms with E-state index in [1.807, 2.05) is 67.6 Å². The number of benzene rings is 3. The fourth-order valence-electron chi connectivity index (χ4n) is 2.93. The second kappa shape index (κ2) is 7.21. The summed E-state index contributed by atoms with van der Waals surface area (Å²) >= 11 is 1.45. The zero-order valence-electron chi connectivity index (χ0n) is 14.7. The Morgan fingerprint density at radius 2 is 1.67 bits per heavy atom. The normalized spacial score (nSPS) is 10.9. The lowest BCUT2D eigenvalue weighted by molar-refractivity contribution is 0.443. The summed E-state index contributed by atoms with van der Waals surface area (Å²) in [6, 6.07) is 22.9. The molecule has 0 saturated heterocycles. The van der Waals surface area contributed by atoms with E-state index in [4.69, 9.17) is 0 Å². The van der Waals surface area contributed by atoms with Gasteiger partial charge >= 0.3 is 0 Å². The number of rotatable bonds is 4. The lowest BCUT2D eigenvalue weighted by atomic mass is 10.1. The molecule has 5 heteroatoms. The molecule has 0 amide bonds. The van der Waals surface area contributed by atoms with E-state index in [1.165, 1.54) is 17.8 Å². The Balaban J connectivity index is 1.79. The molecule has 0 unspecified atom stereocenters. The van der Waals surface area contributed by atoms with Crippen molar-refractivity contribution in [1.82, 2.24) is 9.78 Å². The minimum absolute atomic E-state index is 0.0133. The van der Waals surface area contributed by atoms with Crippen LogP contribution in [-0.2, 0) is 0 Å². The first-order valence-electron chi connectivity index (χ1n) is 8.52. The van der Waals surface area contributed by atoms with Gasteiger partial charge in [-0.15, -0.1) is 0 Å². The van der Waals surface area contributed by atoms with Gasteiger partial charge in [-0.3, -0.25) is 0 Å². The molecule has 0 aliphatic carbocycles. The molecule has 0 radical (unpaired) electrons. The maximum absolute atomic E-state index is 10.5. The van der Waals surface area contributed by atoms with Gasteiger partial charge in [0.1, 0.15) is 11.5 Å². The predicted molar refractivity (Wildman–Crippen MR) is 108 cm³/mol. The van der Waals surface area contributed by atoms with E-state index in [0.717, 1.165) is 21.8 Å². The van der Waals surface area contributed by atoms with Crippen LogP contribution >= 0.6 is 11.8 Å². The van der Waals surface area contributed by atoms with Crippen molar-refractivity contribution in [1.29, 1.82) is 0 Å². The van der Waals surface area contributed by atoms with Gasteiger partial charge in [-0.1, -0.05) is 42.1 Å². The Morgan fingerprint density at radius 1 is 0.852 bits per heavy atom. The zero-order chi connectivity index (χ0) is 18.8. The Hall–Kier alpha value is -3.18. The van der Waals surface area contributed by atoms with E-state index >= 15 is 0 Å². The van der Waals surface area contributed by atoms with Crippen LogP contribution in [0.25, 0.3) is 16.9 Å². The molecule has 0 aliphatic heterocycles. The Kier molecular flexibility index (Phi) is 4.60. The van der Waals surface area contributed by atoms with E-state index < -0.39 is 0 Å². The average molecular weight is 374 g/mol. The SMILES string of the molecule is Cc1cccc(-n2nccc2-c2cc(Sc3ccccc3)c(O)cc2O)c1. The van der Waals surface area contributed by atoms with Crippen LogP contribution < -0.4 is 0 Å². The van der Waals surface area contributed by atoms with Crippen molar-refractivity contribution in [3.8, 4) is 28.4 Å². The molecule has 2 N–H and O–H groups in total. The number of hydrogen-bond donors (Lipinski definition) is 2. The van der Waals surface area contributed by atoms with E-state index in [9.17, 15) is 10.2 Å². The Labute approximate surface area is 161 Å². The van der Waals surface area contributed by atoms with E-state index in [1.54, 1.807) is 16.9 Å². The van der Waals surface area contributed by atoms with Gasteiger partial charge in [-0.05, 0) is 48.9 Å². The minimum atomic E-state index is 0.0133. The third-order valence-corrected chi connectivity index (χ3v) is 5.27. The van der Waals surface area contributed by atoms with Crippen LogP contribution in [-0.4, -0.2) is 20.0 Å². The van der Waals surface area contributed by atoms with E-state index in [2.05, 4.69) is 5.10 Å². The first-order chi connectivity index (χ1) is 13.1. The van der Waals surface area contributed by atoms with Crippen LogP contribution in [0, 0.1) is 6.92 Å². The van der Waals surface area contributed by atoms with E-state index in [-0.39, 0.29) is 11.5 Å². The first-order valence-corrected chi connectivity index (χ1v) is 9.34. The van der Waals surface area contributed by atoms with Gasteiger partial charge in [0.15, 0.2) is 0 Å². The summed E-state index contributed by atoms with van der Waals surface area (Å²) in [5.74, 6) is 0.0611. The monoisotopic (exact) mass is 374 g/mol. The maximum atomic E-state index is 10.5. The van der Waals surface area contributed by atoms with Crippen molar-refractivity contribution < 1.29 is 10.2 Å². The lowest BCUT2D eigenvalue weighted by Gasteiger charge is -2.12. The number of nitrogens with zero attached hydrogens (tertiary/aromatic N) is 2. The number of phenolic OH excluding ortho intramolecular Hbond substituents is 2. The minimum Gasteiger partial charge on any atom is -0.507 e. The number of aromatic hydroxyl groups is 2. The van der Waals surface area contributed by atoms with Crippen LogP contribution in [0.1, 0.15) is 5.56 Å². The fourth-order valence-corrected chi connectivity index (χ4v) is 3.82. The molecule has 0 saturated carbocycles. The molecule has 4 aromatic rings. The fraction of sp³-hybridized carbons (Fsp3) is 0.0455. The molecular weight excluding hydrogens is 356 g/mol. The molecule has 134 valence electrons. The molecule has 0 atom stereocenters. The van der Waals surface area contributed by atoms with Crippen molar-refractivity contribution >= 4 is 11.8 Å². The number of aryl methyl sites for hydroxylation is 1. The molecule has 0 fully saturated rings. The number of aromatic nitrogens is 2. The van der Waals surface area contributed by atoms with Crippen LogP contribution in [0.3, 0.4) is 0 Å². The molecule has 0 bridgehead atoms. The summed E-state index contributed by atoms with van der Waals surface area (Å²) < 4.78 is 1.79. The van der Waals surface area contributed by atoms with Crippen LogP contribution in [0.5, 0.6) is 11.5 Å². The summed E-state index contributed by atoms with van der Waals surface area (Å²) in [5.41, 5.74) is 3.42. The molecule has 0 spiro atoms. The van der Waals surface area contributed by atoms with Crippen LogP contribution in [0.15, 0.2) is 88.8 Å². The predicted octanol–water partition coefficient (Wildman–Crippen LogP) is 5.41. The standard InChI is InChI=1S/C22H18N2O2S/c1-15-6-5-7-16(12-15)24-19(10-11-23-24)18-13-22(21(26)14-20(18)25)27-17-8-3-2-4-9-17/h2-14,25-26H,1H3. The largest absolute Gasteiger partial charge is 0.507 e. The van der Waals surface area contributed by atoms with Gasteiger partial charge in [0, 0.05) is 16.5 Å². The van der Waals surface area contributed by atoms with Gasteiger partial charge in [0.05, 0.1) is 22.5 Å². The number of phenols is 2. The molecule has 27 heavy (non-hydrogen) atoms. The average Bonchev–Trinajstić information content (AvgIpc) is 3.14. The molecule has 3 aromatic carbocycles. The molecule has 1 aromatic heterocycles. The quantitative estimate of drug-likeness (QED) is 0.501. The Bertz CT molecular complexity index is 1090. The molecule has 0 aliphatic rings. The van der Waals surface area contributed by atoms with Gasteiger partial charge in [0.2, 0.25) is 0 Å². The van der Waals surface area contributed by atoms with Gasteiger partial charge in [0.25, 0.3) is 0 Å². The summed E-state index contributed by atoms with van der Waals surface area (Å²) in [5, 5.41) is 25.2. The lowest BCUT2D eigenvalue weighted by Crippen LogP contribution is -1.99. The van der Waals surface area contributed by atoms with Crippen molar-refractivity contribution in [3.05, 3.63) is 84.6 Å². The van der Waals surface area contributed by atoms with E-state index in [0.29, 0.717) is 10.5 Å². The van der Waals surface area contributed by atoms with Crippen molar-refractivity contribution in [3.63, 3.8) is 0 Å². The zero-order valence-corrected chi connectivity index (χ0v) is 15.5. The smallest absolute Gasteiger partial charge is 0.133 e. The van der Waals surface area contributed by atoms with Gasteiger partial charge in [-0.25, -0.2) is 4.68 Å². The second-order valence-electron chi connectivity index (χ2n) is 6.22. The molecule has 4 rings (SSSR count). The number of hydrogen-bond acceptors (Lipinski definition) is 4. The second-order valence-corrected chi connectivity index (χ2v) is 7.33. The highest BCUT2D eigenvalue weighted by Gasteiger charge is 2.16. The van der Waals surface area contributed by atoms with Crippen molar-refractivity contribution in [2.75, 3.05) is 0 Å². The third kappa shape index (κ3) is 3.55.